The van der Waals surface area contributed by atoms with Gasteiger partial charge in [-0.1, -0.05) is 12.8 Å². The van der Waals surface area contributed by atoms with Crippen molar-refractivity contribution in [2.75, 3.05) is 19.0 Å². The van der Waals surface area contributed by atoms with Crippen LogP contribution in [-0.4, -0.2) is 24.4 Å². The third-order valence-corrected chi connectivity index (χ3v) is 4.01. The molecule has 1 saturated carbocycles. The van der Waals surface area contributed by atoms with E-state index in [0.717, 1.165) is 41.6 Å². The summed E-state index contributed by atoms with van der Waals surface area (Å²) < 4.78 is 6.17. The van der Waals surface area contributed by atoms with Gasteiger partial charge in [-0.3, -0.25) is 0 Å². The van der Waals surface area contributed by atoms with Gasteiger partial charge in [0, 0.05) is 17.1 Å². The van der Waals surface area contributed by atoms with E-state index in [1.807, 2.05) is 18.2 Å². The van der Waals surface area contributed by atoms with Crippen molar-refractivity contribution in [3.63, 3.8) is 0 Å². The molecule has 0 amide bonds. The summed E-state index contributed by atoms with van der Waals surface area (Å²) in [5.41, 5.74) is 0.423. The topological polar surface area (TPSA) is 41.5 Å². The maximum absolute atomic E-state index is 10.3. The van der Waals surface area contributed by atoms with E-state index in [1.54, 1.807) is 7.11 Å². The SMILES string of the molecule is COc1ccc(Br)c(NCC2(O)CCCC2)c1. The first kappa shape index (κ1) is 12.7. The molecule has 2 rings (SSSR count). The number of methoxy groups -OCH3 is 1. The summed E-state index contributed by atoms with van der Waals surface area (Å²) in [7, 11) is 1.65. The zero-order chi connectivity index (χ0) is 12.3. The van der Waals surface area contributed by atoms with Crippen LogP contribution in [-0.2, 0) is 0 Å². The summed E-state index contributed by atoms with van der Waals surface area (Å²) in [6.07, 6.45) is 4.03. The molecule has 0 unspecified atom stereocenters. The molecule has 0 heterocycles. The maximum Gasteiger partial charge on any atom is 0.121 e. The van der Waals surface area contributed by atoms with Gasteiger partial charge in [0.25, 0.3) is 0 Å². The van der Waals surface area contributed by atoms with Crippen LogP contribution in [0.2, 0.25) is 0 Å². The average Bonchev–Trinajstić information content (AvgIpc) is 2.76. The lowest BCUT2D eigenvalue weighted by Gasteiger charge is -2.23. The van der Waals surface area contributed by atoms with Crippen molar-refractivity contribution >= 4 is 21.6 Å². The highest BCUT2D eigenvalue weighted by molar-refractivity contribution is 9.10. The fourth-order valence-electron chi connectivity index (χ4n) is 2.24. The average molecular weight is 300 g/mol. The summed E-state index contributed by atoms with van der Waals surface area (Å²) in [5.74, 6) is 0.814. The van der Waals surface area contributed by atoms with Crippen LogP contribution in [0.4, 0.5) is 5.69 Å². The lowest BCUT2D eigenvalue weighted by molar-refractivity contribution is 0.0614. The molecule has 0 saturated heterocycles. The fourth-order valence-corrected chi connectivity index (χ4v) is 2.62. The molecule has 1 aliphatic carbocycles. The molecule has 0 aliphatic heterocycles. The van der Waals surface area contributed by atoms with Crippen LogP contribution in [0.3, 0.4) is 0 Å². The van der Waals surface area contributed by atoms with Gasteiger partial charge < -0.3 is 15.2 Å². The van der Waals surface area contributed by atoms with Crippen LogP contribution < -0.4 is 10.1 Å². The largest absolute Gasteiger partial charge is 0.497 e. The molecule has 4 heteroatoms. The highest BCUT2D eigenvalue weighted by Crippen LogP contribution is 2.32. The van der Waals surface area contributed by atoms with Crippen molar-refractivity contribution in [3.8, 4) is 5.75 Å². The van der Waals surface area contributed by atoms with E-state index in [1.165, 1.54) is 0 Å². The third kappa shape index (κ3) is 3.13. The minimum atomic E-state index is -0.539. The van der Waals surface area contributed by atoms with E-state index in [0.29, 0.717) is 6.54 Å². The highest BCUT2D eigenvalue weighted by atomic mass is 79.9. The molecule has 1 aliphatic rings. The molecule has 0 spiro atoms. The Kier molecular flexibility index (Phi) is 3.94. The Morgan fingerprint density at radius 2 is 2.12 bits per heavy atom. The fraction of sp³-hybridized carbons (Fsp3) is 0.538. The molecular weight excluding hydrogens is 282 g/mol. The Hall–Kier alpha value is -0.740. The second kappa shape index (κ2) is 5.27. The molecule has 17 heavy (non-hydrogen) atoms. The van der Waals surface area contributed by atoms with Crippen molar-refractivity contribution in [1.82, 2.24) is 0 Å². The van der Waals surface area contributed by atoms with Gasteiger partial charge in [0.2, 0.25) is 0 Å². The van der Waals surface area contributed by atoms with Gasteiger partial charge in [-0.15, -0.1) is 0 Å². The number of nitrogens with one attached hydrogen (secondary N) is 1. The lowest BCUT2D eigenvalue weighted by Crippen LogP contribution is -2.33. The summed E-state index contributed by atoms with van der Waals surface area (Å²) in [6.45, 7) is 0.596. The first-order chi connectivity index (χ1) is 8.13. The molecule has 1 aromatic rings. The molecule has 1 aromatic carbocycles. The Bertz CT molecular complexity index is 389. The van der Waals surface area contributed by atoms with Gasteiger partial charge in [0.1, 0.15) is 5.75 Å². The summed E-state index contributed by atoms with van der Waals surface area (Å²) in [5, 5.41) is 13.6. The van der Waals surface area contributed by atoms with Gasteiger partial charge in [0.05, 0.1) is 18.4 Å². The third-order valence-electron chi connectivity index (χ3n) is 3.32. The van der Waals surface area contributed by atoms with Crippen LogP contribution in [0.15, 0.2) is 22.7 Å². The van der Waals surface area contributed by atoms with Crippen molar-refractivity contribution in [1.29, 1.82) is 0 Å². The van der Waals surface area contributed by atoms with Crippen molar-refractivity contribution in [3.05, 3.63) is 22.7 Å². The number of anilines is 1. The minimum Gasteiger partial charge on any atom is -0.497 e. The number of rotatable bonds is 4. The zero-order valence-electron chi connectivity index (χ0n) is 10.0. The van der Waals surface area contributed by atoms with E-state index in [9.17, 15) is 5.11 Å². The molecule has 0 radical (unpaired) electrons. The summed E-state index contributed by atoms with van der Waals surface area (Å²) >= 11 is 3.49. The van der Waals surface area contributed by atoms with E-state index in [2.05, 4.69) is 21.2 Å². The standard InChI is InChI=1S/C13H18BrNO2/c1-17-10-4-5-11(14)12(8-10)15-9-13(16)6-2-3-7-13/h4-5,8,15-16H,2-3,6-7,9H2,1H3. The molecule has 0 aromatic heterocycles. The number of hydrogen-bond donors (Lipinski definition) is 2. The van der Waals surface area contributed by atoms with Gasteiger partial charge in [-0.25, -0.2) is 0 Å². The van der Waals surface area contributed by atoms with E-state index < -0.39 is 5.60 Å². The van der Waals surface area contributed by atoms with Gasteiger partial charge >= 0.3 is 0 Å². The minimum absolute atomic E-state index is 0.539. The van der Waals surface area contributed by atoms with Gasteiger partial charge in [0.15, 0.2) is 0 Å². The van der Waals surface area contributed by atoms with E-state index in [-0.39, 0.29) is 0 Å². The molecule has 0 atom stereocenters. The molecule has 1 fully saturated rings. The molecule has 0 bridgehead atoms. The monoisotopic (exact) mass is 299 g/mol. The van der Waals surface area contributed by atoms with E-state index in [4.69, 9.17) is 4.74 Å². The first-order valence-electron chi connectivity index (χ1n) is 5.93. The normalized spacial score (nSPS) is 18.1. The second-order valence-corrected chi connectivity index (χ2v) is 5.49. The van der Waals surface area contributed by atoms with Crippen LogP contribution >= 0.6 is 15.9 Å². The molecule has 3 nitrogen and oxygen atoms in total. The number of hydrogen-bond acceptors (Lipinski definition) is 3. The quantitative estimate of drug-likeness (QED) is 0.897. The number of ether oxygens (including phenoxy) is 1. The predicted octanol–water partition coefficient (Wildman–Crippen LogP) is 3.17. The summed E-state index contributed by atoms with van der Waals surface area (Å²) in [6, 6.07) is 5.78. The predicted molar refractivity (Wildman–Crippen MR) is 72.6 cm³/mol. The number of aliphatic hydroxyl groups is 1. The maximum atomic E-state index is 10.3. The van der Waals surface area contributed by atoms with Crippen LogP contribution in [0.1, 0.15) is 25.7 Å². The Balaban J connectivity index is 2.02. The Morgan fingerprint density at radius 3 is 2.76 bits per heavy atom. The van der Waals surface area contributed by atoms with Crippen molar-refractivity contribution in [2.24, 2.45) is 0 Å². The van der Waals surface area contributed by atoms with Gasteiger partial charge in [-0.05, 0) is 40.9 Å². The van der Waals surface area contributed by atoms with Crippen LogP contribution in [0.5, 0.6) is 5.75 Å². The van der Waals surface area contributed by atoms with Crippen molar-refractivity contribution < 1.29 is 9.84 Å². The van der Waals surface area contributed by atoms with E-state index >= 15 is 0 Å². The van der Waals surface area contributed by atoms with Crippen LogP contribution in [0, 0.1) is 0 Å². The zero-order valence-corrected chi connectivity index (χ0v) is 11.6. The lowest BCUT2D eigenvalue weighted by atomic mass is 10.0. The molecule has 2 N–H and O–H groups in total. The Morgan fingerprint density at radius 1 is 1.41 bits per heavy atom. The number of benzene rings is 1. The smallest absolute Gasteiger partial charge is 0.121 e. The van der Waals surface area contributed by atoms with Crippen molar-refractivity contribution in [2.45, 2.75) is 31.3 Å². The molecular formula is C13H18BrNO2. The van der Waals surface area contributed by atoms with Crippen LogP contribution in [0.25, 0.3) is 0 Å². The first-order valence-corrected chi connectivity index (χ1v) is 6.72. The summed E-state index contributed by atoms with van der Waals surface area (Å²) in [4.78, 5) is 0. The molecule has 94 valence electrons. The Labute approximate surface area is 110 Å². The number of halogens is 1. The highest BCUT2D eigenvalue weighted by Gasteiger charge is 2.30. The van der Waals surface area contributed by atoms with Gasteiger partial charge in [-0.2, -0.15) is 0 Å². The second-order valence-electron chi connectivity index (χ2n) is 4.63.